The van der Waals surface area contributed by atoms with Gasteiger partial charge in [-0.1, -0.05) is 11.6 Å². The van der Waals surface area contributed by atoms with Crippen molar-refractivity contribution in [1.29, 1.82) is 0 Å². The molecule has 3 nitrogen and oxygen atoms in total. The van der Waals surface area contributed by atoms with E-state index in [9.17, 15) is 13.6 Å². The molecule has 1 aliphatic rings. The van der Waals surface area contributed by atoms with Crippen molar-refractivity contribution in [2.45, 2.75) is 13.3 Å². The van der Waals surface area contributed by atoms with E-state index < -0.39 is 23.1 Å². The molecule has 0 saturated heterocycles. The largest absolute Gasteiger partial charge is 0.396 e. The summed E-state index contributed by atoms with van der Waals surface area (Å²) in [5.41, 5.74) is 5.59. The molecule has 2 N–H and O–H groups in total. The van der Waals surface area contributed by atoms with Gasteiger partial charge in [-0.05, 0) is 25.5 Å². The second kappa shape index (κ2) is 4.76. The number of amides is 1. The highest BCUT2D eigenvalue weighted by Gasteiger charge is 2.25. The van der Waals surface area contributed by atoms with E-state index in [1.54, 1.807) is 0 Å². The maximum absolute atomic E-state index is 13.7. The Balaban J connectivity index is 2.35. The average molecular weight is 252 g/mol. The normalized spacial score (nSPS) is 15.5. The molecular weight excluding hydrogens is 238 g/mol. The van der Waals surface area contributed by atoms with Gasteiger partial charge in [-0.3, -0.25) is 4.79 Å². The molecule has 18 heavy (non-hydrogen) atoms. The molecule has 0 unspecified atom stereocenters. The van der Waals surface area contributed by atoms with Gasteiger partial charge in [0.25, 0.3) is 5.91 Å². The highest BCUT2D eigenvalue weighted by Crippen LogP contribution is 2.22. The van der Waals surface area contributed by atoms with Gasteiger partial charge in [-0.15, -0.1) is 0 Å². The van der Waals surface area contributed by atoms with Gasteiger partial charge in [0.1, 0.15) is 11.4 Å². The van der Waals surface area contributed by atoms with Crippen LogP contribution >= 0.6 is 0 Å². The molecule has 0 atom stereocenters. The summed E-state index contributed by atoms with van der Waals surface area (Å²) in [4.78, 5) is 13.5. The van der Waals surface area contributed by atoms with Gasteiger partial charge in [0, 0.05) is 13.1 Å². The molecular formula is C13H14F2N2O. The quantitative estimate of drug-likeness (QED) is 0.616. The molecule has 96 valence electrons. The maximum atomic E-state index is 13.7. The maximum Gasteiger partial charge on any atom is 0.260 e. The van der Waals surface area contributed by atoms with Crippen molar-refractivity contribution in [3.05, 3.63) is 41.0 Å². The van der Waals surface area contributed by atoms with Crippen molar-refractivity contribution >= 4 is 11.6 Å². The lowest BCUT2D eigenvalue weighted by molar-refractivity contribution is 0.0756. The zero-order chi connectivity index (χ0) is 13.3. The number of carbonyl (C=O) groups is 1. The van der Waals surface area contributed by atoms with Crippen LogP contribution in [0.3, 0.4) is 0 Å². The molecule has 0 spiro atoms. The number of halogens is 2. The number of nitrogens with two attached hydrogens (primary N) is 1. The number of nitrogens with zero attached hydrogens (tertiary/aromatic N) is 1. The summed E-state index contributed by atoms with van der Waals surface area (Å²) < 4.78 is 27.3. The lowest BCUT2D eigenvalue weighted by Gasteiger charge is -2.26. The van der Waals surface area contributed by atoms with Gasteiger partial charge in [0.15, 0.2) is 5.82 Å². The van der Waals surface area contributed by atoms with E-state index in [0.717, 1.165) is 17.7 Å². The van der Waals surface area contributed by atoms with Gasteiger partial charge < -0.3 is 10.6 Å². The zero-order valence-electron chi connectivity index (χ0n) is 10.0. The molecule has 1 aliphatic heterocycles. The van der Waals surface area contributed by atoms with Crippen LogP contribution in [0.15, 0.2) is 23.8 Å². The van der Waals surface area contributed by atoms with Crippen molar-refractivity contribution in [2.24, 2.45) is 0 Å². The van der Waals surface area contributed by atoms with Crippen LogP contribution in [0.2, 0.25) is 0 Å². The molecule has 0 radical (unpaired) electrons. The summed E-state index contributed by atoms with van der Waals surface area (Å²) in [7, 11) is 0. The Kier molecular flexibility index (Phi) is 3.32. The predicted molar refractivity (Wildman–Crippen MR) is 65.0 cm³/mol. The molecule has 0 aromatic heterocycles. The van der Waals surface area contributed by atoms with Gasteiger partial charge in [0.2, 0.25) is 0 Å². The zero-order valence-corrected chi connectivity index (χ0v) is 10.0. The third-order valence-corrected chi connectivity index (χ3v) is 2.95. The van der Waals surface area contributed by atoms with E-state index in [1.165, 1.54) is 4.90 Å². The molecule has 1 aromatic carbocycles. The fourth-order valence-electron chi connectivity index (χ4n) is 2.01. The summed E-state index contributed by atoms with van der Waals surface area (Å²) in [6, 6.07) is 2.13. The SMILES string of the molecule is CC1=CCCN(C(=O)c2c(F)ccc(N)c2F)C1. The minimum atomic E-state index is -0.979. The van der Waals surface area contributed by atoms with Crippen molar-refractivity contribution < 1.29 is 13.6 Å². The predicted octanol–water partition coefficient (Wildman–Crippen LogP) is 2.34. The number of rotatable bonds is 1. The Bertz CT molecular complexity index is 526. The van der Waals surface area contributed by atoms with Gasteiger partial charge in [-0.25, -0.2) is 8.78 Å². The molecule has 1 aromatic rings. The van der Waals surface area contributed by atoms with Crippen LogP contribution in [-0.2, 0) is 0 Å². The highest BCUT2D eigenvalue weighted by molar-refractivity contribution is 5.96. The molecule has 2 rings (SSSR count). The van der Waals surface area contributed by atoms with E-state index in [0.29, 0.717) is 19.5 Å². The molecule has 0 aliphatic carbocycles. The van der Waals surface area contributed by atoms with E-state index in [-0.39, 0.29) is 5.69 Å². The first-order chi connectivity index (χ1) is 8.50. The summed E-state index contributed by atoms with van der Waals surface area (Å²) in [6.07, 6.45) is 2.71. The Morgan fingerprint density at radius 3 is 2.78 bits per heavy atom. The molecule has 1 heterocycles. The van der Waals surface area contributed by atoms with Gasteiger partial charge in [-0.2, -0.15) is 0 Å². The molecule has 0 bridgehead atoms. The first kappa shape index (κ1) is 12.5. The summed E-state index contributed by atoms with van der Waals surface area (Å²) in [5, 5.41) is 0. The van der Waals surface area contributed by atoms with Gasteiger partial charge >= 0.3 is 0 Å². The van der Waals surface area contributed by atoms with E-state index in [1.807, 2.05) is 13.0 Å². The average Bonchev–Trinajstić information content (AvgIpc) is 2.34. The van der Waals surface area contributed by atoms with Crippen molar-refractivity contribution in [3.63, 3.8) is 0 Å². The molecule has 5 heteroatoms. The van der Waals surface area contributed by atoms with Crippen molar-refractivity contribution in [1.82, 2.24) is 4.90 Å². The topological polar surface area (TPSA) is 46.3 Å². The van der Waals surface area contributed by atoms with Crippen LogP contribution in [0.1, 0.15) is 23.7 Å². The summed E-state index contributed by atoms with van der Waals surface area (Å²) >= 11 is 0. The molecule has 0 saturated carbocycles. The van der Waals surface area contributed by atoms with Gasteiger partial charge in [0.05, 0.1) is 5.69 Å². The Hall–Kier alpha value is -1.91. The van der Waals surface area contributed by atoms with Crippen molar-refractivity contribution in [3.8, 4) is 0 Å². The number of nitrogen functional groups attached to an aromatic ring is 1. The van der Waals surface area contributed by atoms with E-state index in [2.05, 4.69) is 0 Å². The summed E-state index contributed by atoms with van der Waals surface area (Å²) in [6.45, 7) is 2.74. The van der Waals surface area contributed by atoms with Crippen LogP contribution < -0.4 is 5.73 Å². The Morgan fingerprint density at radius 1 is 1.39 bits per heavy atom. The fraction of sp³-hybridized carbons (Fsp3) is 0.308. The van der Waals surface area contributed by atoms with Crippen LogP contribution in [-0.4, -0.2) is 23.9 Å². The number of hydrogen-bond donors (Lipinski definition) is 1. The third kappa shape index (κ3) is 2.20. The lowest BCUT2D eigenvalue weighted by Crippen LogP contribution is -2.36. The first-order valence-corrected chi connectivity index (χ1v) is 5.69. The lowest BCUT2D eigenvalue weighted by atomic mass is 10.1. The van der Waals surface area contributed by atoms with Crippen LogP contribution in [0.5, 0.6) is 0 Å². The minimum absolute atomic E-state index is 0.218. The molecule has 0 fully saturated rings. The van der Waals surface area contributed by atoms with Crippen LogP contribution in [0, 0.1) is 11.6 Å². The third-order valence-electron chi connectivity index (χ3n) is 2.95. The minimum Gasteiger partial charge on any atom is -0.396 e. The summed E-state index contributed by atoms with van der Waals surface area (Å²) in [5.74, 6) is -2.50. The highest BCUT2D eigenvalue weighted by atomic mass is 19.1. The van der Waals surface area contributed by atoms with E-state index in [4.69, 9.17) is 5.73 Å². The van der Waals surface area contributed by atoms with E-state index >= 15 is 0 Å². The second-order valence-corrected chi connectivity index (χ2v) is 4.39. The Morgan fingerprint density at radius 2 is 2.11 bits per heavy atom. The smallest absolute Gasteiger partial charge is 0.260 e. The number of anilines is 1. The fourth-order valence-corrected chi connectivity index (χ4v) is 2.01. The number of benzene rings is 1. The first-order valence-electron chi connectivity index (χ1n) is 5.69. The van der Waals surface area contributed by atoms with Crippen LogP contribution in [0.25, 0.3) is 0 Å². The number of hydrogen-bond acceptors (Lipinski definition) is 2. The monoisotopic (exact) mass is 252 g/mol. The Labute approximate surface area is 104 Å². The number of carbonyl (C=O) groups excluding carboxylic acids is 1. The second-order valence-electron chi connectivity index (χ2n) is 4.39. The molecule has 1 amide bonds. The standard InChI is InChI=1S/C13H14F2N2O/c1-8-3-2-6-17(7-8)13(18)11-9(14)4-5-10(16)12(11)15/h3-5H,2,6-7,16H2,1H3. The van der Waals surface area contributed by atoms with Crippen molar-refractivity contribution in [2.75, 3.05) is 18.8 Å². The van der Waals surface area contributed by atoms with Crippen LogP contribution in [0.4, 0.5) is 14.5 Å².